The van der Waals surface area contributed by atoms with Crippen LogP contribution in [0.2, 0.25) is 0 Å². The Balaban J connectivity index is 1.46. The first-order chi connectivity index (χ1) is 13.6. The summed E-state index contributed by atoms with van der Waals surface area (Å²) in [6.45, 7) is 3.94. The van der Waals surface area contributed by atoms with Crippen molar-refractivity contribution in [3.8, 4) is 11.6 Å². The van der Waals surface area contributed by atoms with Gasteiger partial charge in [0, 0.05) is 24.1 Å². The third-order valence-corrected chi connectivity index (χ3v) is 4.22. The number of nitrogens with one attached hydrogen (secondary N) is 1. The molecule has 1 aromatic carbocycles. The predicted octanol–water partition coefficient (Wildman–Crippen LogP) is 4.53. The summed E-state index contributed by atoms with van der Waals surface area (Å²) in [5.74, 6) is 0.892. The number of fused-ring (bicyclic) bond motifs is 1. The van der Waals surface area contributed by atoms with Gasteiger partial charge in [0.2, 0.25) is 5.88 Å². The Hall–Kier alpha value is -3.74. The predicted molar refractivity (Wildman–Crippen MR) is 105 cm³/mol. The van der Waals surface area contributed by atoms with Crippen LogP contribution in [0.25, 0.3) is 11.1 Å². The first-order valence-electron chi connectivity index (χ1n) is 8.88. The molecule has 1 N–H and O–H groups in total. The number of hydrogen-bond acceptors (Lipinski definition) is 6. The molecule has 0 aliphatic carbocycles. The molecule has 7 heteroatoms. The average molecular weight is 374 g/mol. The number of rotatable bonds is 5. The number of benzene rings is 1. The van der Waals surface area contributed by atoms with Gasteiger partial charge in [0.1, 0.15) is 5.75 Å². The van der Waals surface area contributed by atoms with Gasteiger partial charge in [-0.1, -0.05) is 18.1 Å². The molecule has 4 aromatic rings. The van der Waals surface area contributed by atoms with Crippen LogP contribution in [0.3, 0.4) is 0 Å². The lowest BCUT2D eigenvalue weighted by Crippen LogP contribution is -2.12. The van der Waals surface area contributed by atoms with Crippen molar-refractivity contribution in [1.29, 1.82) is 0 Å². The number of hydrogen-bond donors (Lipinski definition) is 1. The Morgan fingerprint density at radius 1 is 1.11 bits per heavy atom. The fraction of sp³-hybridized carbons (Fsp3) is 0.143. The molecule has 4 rings (SSSR count). The van der Waals surface area contributed by atoms with Gasteiger partial charge in [-0.25, -0.2) is 9.97 Å². The Morgan fingerprint density at radius 2 is 1.93 bits per heavy atom. The Morgan fingerprint density at radius 3 is 2.64 bits per heavy atom. The molecule has 7 nitrogen and oxygen atoms in total. The summed E-state index contributed by atoms with van der Waals surface area (Å²) in [4.78, 5) is 20.9. The average Bonchev–Trinajstić information content (AvgIpc) is 3.13. The van der Waals surface area contributed by atoms with E-state index in [2.05, 4.69) is 20.4 Å². The summed E-state index contributed by atoms with van der Waals surface area (Å²) in [5.41, 5.74) is 3.36. The number of amides is 1. The molecule has 0 atom stereocenters. The number of aromatic nitrogens is 3. The van der Waals surface area contributed by atoms with Crippen LogP contribution in [0, 0.1) is 6.92 Å². The molecular formula is C21H18N4O3. The van der Waals surface area contributed by atoms with Gasteiger partial charge >= 0.3 is 0 Å². The van der Waals surface area contributed by atoms with Gasteiger partial charge in [-0.05, 0) is 49.2 Å². The van der Waals surface area contributed by atoms with Crippen molar-refractivity contribution >= 4 is 22.7 Å². The number of carbonyl (C=O) groups is 1. The number of nitrogens with zero attached hydrogens (tertiary/aromatic N) is 3. The number of ether oxygens (including phenoxy) is 1. The molecule has 0 aliphatic heterocycles. The van der Waals surface area contributed by atoms with E-state index in [1.807, 2.05) is 26.0 Å². The molecule has 0 saturated carbocycles. The van der Waals surface area contributed by atoms with E-state index in [0.29, 0.717) is 35.0 Å². The third-order valence-electron chi connectivity index (χ3n) is 4.22. The second-order valence-corrected chi connectivity index (χ2v) is 6.31. The Bertz CT molecular complexity index is 1120. The first-order valence-corrected chi connectivity index (χ1v) is 8.88. The van der Waals surface area contributed by atoms with Crippen molar-refractivity contribution in [2.75, 3.05) is 5.32 Å². The minimum Gasteiger partial charge on any atom is -0.439 e. The van der Waals surface area contributed by atoms with Gasteiger partial charge in [-0.2, -0.15) is 0 Å². The molecule has 3 heterocycles. The van der Waals surface area contributed by atoms with E-state index in [1.165, 1.54) is 6.20 Å². The van der Waals surface area contributed by atoms with Crippen molar-refractivity contribution in [3.63, 3.8) is 0 Å². The quantitative estimate of drug-likeness (QED) is 0.552. The number of carbonyl (C=O) groups excluding carboxylic acids is 1. The summed E-state index contributed by atoms with van der Waals surface area (Å²) < 4.78 is 10.8. The largest absolute Gasteiger partial charge is 0.439 e. The van der Waals surface area contributed by atoms with Gasteiger partial charge in [0.15, 0.2) is 0 Å². The maximum absolute atomic E-state index is 12.5. The van der Waals surface area contributed by atoms with Crippen molar-refractivity contribution in [1.82, 2.24) is 15.1 Å². The molecule has 1 amide bonds. The zero-order chi connectivity index (χ0) is 19.5. The SMILES string of the molecule is CCc1noc2ncc(C(=O)Nc3ccc(Oc4ccc(C)cn4)cc3)cc12. The summed E-state index contributed by atoms with van der Waals surface area (Å²) in [5, 5.41) is 7.56. The molecule has 0 fully saturated rings. The van der Waals surface area contributed by atoms with Crippen LogP contribution in [0.4, 0.5) is 5.69 Å². The standard InChI is InChI=1S/C21H18N4O3/c1-3-18-17-10-14(12-23-21(17)28-25-18)20(26)24-15-5-7-16(8-6-15)27-19-9-4-13(2)11-22-19/h4-12H,3H2,1-2H3,(H,24,26). The van der Waals surface area contributed by atoms with Crippen LogP contribution in [0.5, 0.6) is 11.6 Å². The number of anilines is 1. The van der Waals surface area contributed by atoms with Crippen LogP contribution in [-0.4, -0.2) is 21.0 Å². The van der Waals surface area contributed by atoms with E-state index in [-0.39, 0.29) is 5.91 Å². The van der Waals surface area contributed by atoms with Crippen LogP contribution in [0.15, 0.2) is 59.4 Å². The van der Waals surface area contributed by atoms with Crippen molar-refractivity contribution in [3.05, 3.63) is 71.7 Å². The summed E-state index contributed by atoms with van der Waals surface area (Å²) in [7, 11) is 0. The molecular weight excluding hydrogens is 356 g/mol. The maximum atomic E-state index is 12.5. The molecule has 0 unspecified atom stereocenters. The monoisotopic (exact) mass is 374 g/mol. The zero-order valence-electron chi connectivity index (χ0n) is 15.5. The van der Waals surface area contributed by atoms with Gasteiger partial charge < -0.3 is 14.6 Å². The normalized spacial score (nSPS) is 10.8. The second kappa shape index (κ2) is 7.48. The van der Waals surface area contributed by atoms with E-state index < -0.39 is 0 Å². The molecule has 0 aliphatic rings. The van der Waals surface area contributed by atoms with E-state index in [4.69, 9.17) is 9.26 Å². The Kier molecular flexibility index (Phi) is 4.72. The number of pyridine rings is 2. The molecule has 3 aromatic heterocycles. The minimum absolute atomic E-state index is 0.258. The van der Waals surface area contributed by atoms with Gasteiger partial charge in [0.25, 0.3) is 11.6 Å². The van der Waals surface area contributed by atoms with Crippen LogP contribution >= 0.6 is 0 Å². The Labute approximate surface area is 161 Å². The molecule has 0 spiro atoms. The molecule has 0 bridgehead atoms. The van der Waals surface area contributed by atoms with Crippen LogP contribution < -0.4 is 10.1 Å². The fourth-order valence-electron chi connectivity index (χ4n) is 2.70. The molecule has 140 valence electrons. The van der Waals surface area contributed by atoms with Crippen LogP contribution in [-0.2, 0) is 6.42 Å². The second-order valence-electron chi connectivity index (χ2n) is 6.31. The third kappa shape index (κ3) is 3.68. The van der Waals surface area contributed by atoms with Crippen molar-refractivity contribution in [2.24, 2.45) is 0 Å². The molecule has 0 saturated heterocycles. The van der Waals surface area contributed by atoms with Crippen LogP contribution in [0.1, 0.15) is 28.5 Å². The van der Waals surface area contributed by atoms with E-state index in [0.717, 1.165) is 16.6 Å². The van der Waals surface area contributed by atoms with E-state index in [1.54, 1.807) is 36.5 Å². The highest BCUT2D eigenvalue weighted by atomic mass is 16.5. The lowest BCUT2D eigenvalue weighted by atomic mass is 10.1. The highest BCUT2D eigenvalue weighted by molar-refractivity contribution is 6.05. The molecule has 0 radical (unpaired) electrons. The highest BCUT2D eigenvalue weighted by Crippen LogP contribution is 2.23. The smallest absolute Gasteiger partial charge is 0.257 e. The van der Waals surface area contributed by atoms with Gasteiger partial charge in [-0.15, -0.1) is 0 Å². The maximum Gasteiger partial charge on any atom is 0.257 e. The topological polar surface area (TPSA) is 90.1 Å². The fourth-order valence-corrected chi connectivity index (χ4v) is 2.70. The summed E-state index contributed by atoms with van der Waals surface area (Å²) >= 11 is 0. The minimum atomic E-state index is -0.258. The van der Waals surface area contributed by atoms with Gasteiger partial charge in [0.05, 0.1) is 16.6 Å². The number of aryl methyl sites for hydroxylation is 2. The highest BCUT2D eigenvalue weighted by Gasteiger charge is 2.13. The summed E-state index contributed by atoms with van der Waals surface area (Å²) in [6, 6.07) is 12.6. The van der Waals surface area contributed by atoms with E-state index >= 15 is 0 Å². The van der Waals surface area contributed by atoms with Gasteiger partial charge in [-0.3, -0.25) is 4.79 Å². The summed E-state index contributed by atoms with van der Waals surface area (Å²) in [6.07, 6.45) is 3.92. The van der Waals surface area contributed by atoms with Crippen molar-refractivity contribution < 1.29 is 14.1 Å². The van der Waals surface area contributed by atoms with Crippen molar-refractivity contribution in [2.45, 2.75) is 20.3 Å². The first kappa shape index (κ1) is 17.7. The zero-order valence-corrected chi connectivity index (χ0v) is 15.5. The lowest BCUT2D eigenvalue weighted by Gasteiger charge is -2.08. The molecule has 28 heavy (non-hydrogen) atoms. The van der Waals surface area contributed by atoms with E-state index in [9.17, 15) is 4.79 Å². The lowest BCUT2D eigenvalue weighted by molar-refractivity contribution is 0.102.